The second-order valence-corrected chi connectivity index (χ2v) is 6.28. The lowest BCUT2D eigenvalue weighted by Gasteiger charge is -2.21. The predicted molar refractivity (Wildman–Crippen MR) is 102 cm³/mol. The van der Waals surface area contributed by atoms with Crippen molar-refractivity contribution in [1.29, 1.82) is 0 Å². The highest BCUT2D eigenvalue weighted by Gasteiger charge is 2.16. The lowest BCUT2D eigenvalue weighted by Crippen LogP contribution is -2.32. The van der Waals surface area contributed by atoms with Crippen molar-refractivity contribution < 1.29 is 0 Å². The van der Waals surface area contributed by atoms with Crippen molar-refractivity contribution in [1.82, 2.24) is 20.3 Å². The Balaban J connectivity index is 1.84. The molecule has 1 unspecified atom stereocenters. The molecule has 0 amide bonds. The molecule has 0 saturated carbocycles. The number of unbranched alkanes of at least 4 members (excludes halogenated alkanes) is 2. The third kappa shape index (κ3) is 3.79. The number of para-hydroxylation sites is 1. The summed E-state index contributed by atoms with van der Waals surface area (Å²) in [7, 11) is 0. The molecule has 24 heavy (non-hydrogen) atoms. The molecule has 0 saturated heterocycles. The summed E-state index contributed by atoms with van der Waals surface area (Å²) in [5.41, 5.74) is 2.96. The van der Waals surface area contributed by atoms with Gasteiger partial charge in [0.05, 0.1) is 5.52 Å². The van der Waals surface area contributed by atoms with Gasteiger partial charge in [-0.1, -0.05) is 79.7 Å². The molecular formula is C19H22N4S. The topological polar surface area (TPSA) is 42.7 Å². The molecule has 124 valence electrons. The summed E-state index contributed by atoms with van der Waals surface area (Å²) in [6, 6.07) is 18.1. The van der Waals surface area contributed by atoms with Crippen molar-refractivity contribution in [3.05, 3.63) is 60.2 Å². The monoisotopic (exact) mass is 338 g/mol. The number of nitrogens with zero attached hydrogens (tertiary/aromatic N) is 3. The highest BCUT2D eigenvalue weighted by Crippen LogP contribution is 2.19. The fourth-order valence-corrected chi connectivity index (χ4v) is 3.06. The maximum absolute atomic E-state index is 5.60. The number of hydrogen-bond donors (Lipinski definition) is 1. The van der Waals surface area contributed by atoms with Gasteiger partial charge in [-0.2, -0.15) is 0 Å². The molecule has 1 atom stereocenters. The van der Waals surface area contributed by atoms with E-state index in [2.05, 4.69) is 28.6 Å². The molecule has 1 heterocycles. The molecule has 0 spiro atoms. The van der Waals surface area contributed by atoms with E-state index in [1.165, 1.54) is 12.8 Å². The standard InChI is InChI=1S/C19H22N4S/c1-2-3-5-14-18(20-19(24)15-10-6-4-7-11-15)23-17-13-9-8-12-16(17)21-22-23/h4,6-13,18H,2-3,5,14H2,1H3,(H,20,24). The van der Waals surface area contributed by atoms with Crippen LogP contribution < -0.4 is 5.32 Å². The molecule has 0 fully saturated rings. The average Bonchev–Trinajstić information content (AvgIpc) is 3.06. The maximum Gasteiger partial charge on any atom is 0.123 e. The van der Waals surface area contributed by atoms with Gasteiger partial charge in [0, 0.05) is 5.56 Å². The fraction of sp³-hybridized carbons (Fsp3) is 0.316. The van der Waals surface area contributed by atoms with Gasteiger partial charge in [-0.15, -0.1) is 5.10 Å². The Bertz CT molecular complexity index is 797. The minimum Gasteiger partial charge on any atom is -0.354 e. The number of hydrogen-bond acceptors (Lipinski definition) is 3. The molecule has 1 aromatic heterocycles. The highest BCUT2D eigenvalue weighted by atomic mass is 32.1. The molecule has 2 aromatic carbocycles. The smallest absolute Gasteiger partial charge is 0.123 e. The second-order valence-electron chi connectivity index (χ2n) is 5.87. The Kier molecular flexibility index (Phi) is 5.54. The van der Waals surface area contributed by atoms with Crippen LogP contribution in [0.15, 0.2) is 54.6 Å². The van der Waals surface area contributed by atoms with Crippen LogP contribution in [0.5, 0.6) is 0 Å². The summed E-state index contributed by atoms with van der Waals surface area (Å²) >= 11 is 5.60. The van der Waals surface area contributed by atoms with E-state index in [0.29, 0.717) is 0 Å². The molecule has 4 nitrogen and oxygen atoms in total. The average molecular weight is 338 g/mol. The number of fused-ring (bicyclic) bond motifs is 1. The van der Waals surface area contributed by atoms with Gasteiger partial charge in [0.15, 0.2) is 0 Å². The largest absolute Gasteiger partial charge is 0.354 e. The lowest BCUT2D eigenvalue weighted by molar-refractivity contribution is 0.387. The van der Waals surface area contributed by atoms with Gasteiger partial charge < -0.3 is 5.32 Å². The molecule has 0 aliphatic carbocycles. The Morgan fingerprint density at radius 1 is 1.08 bits per heavy atom. The first kappa shape index (κ1) is 16.6. The van der Waals surface area contributed by atoms with Gasteiger partial charge in [-0.25, -0.2) is 4.68 Å². The molecule has 0 aliphatic heterocycles. The van der Waals surface area contributed by atoms with Crippen molar-refractivity contribution in [3.63, 3.8) is 0 Å². The third-order valence-electron chi connectivity index (χ3n) is 4.09. The first-order valence-corrected chi connectivity index (χ1v) is 8.86. The third-order valence-corrected chi connectivity index (χ3v) is 4.44. The van der Waals surface area contributed by atoms with Gasteiger partial charge in [-0.3, -0.25) is 0 Å². The minimum atomic E-state index is 0.0108. The van der Waals surface area contributed by atoms with Crippen molar-refractivity contribution in [3.8, 4) is 0 Å². The molecule has 5 heteroatoms. The second kappa shape index (κ2) is 8.02. The Morgan fingerprint density at radius 2 is 1.83 bits per heavy atom. The van der Waals surface area contributed by atoms with E-state index >= 15 is 0 Å². The van der Waals surface area contributed by atoms with E-state index in [4.69, 9.17) is 12.2 Å². The van der Waals surface area contributed by atoms with Gasteiger partial charge in [-0.05, 0) is 25.0 Å². The normalized spacial score (nSPS) is 12.2. The predicted octanol–water partition coefficient (Wildman–Crippen LogP) is 4.48. The van der Waals surface area contributed by atoms with Crippen LogP contribution in [-0.4, -0.2) is 20.0 Å². The quantitative estimate of drug-likeness (QED) is 0.510. The van der Waals surface area contributed by atoms with Gasteiger partial charge in [0.1, 0.15) is 16.7 Å². The SMILES string of the molecule is CCCCCC(NC(=S)c1ccccc1)n1nnc2ccccc21. The Hall–Kier alpha value is -2.27. The number of thiocarbonyl (C=S) groups is 1. The zero-order chi connectivity index (χ0) is 16.8. The Morgan fingerprint density at radius 3 is 2.62 bits per heavy atom. The van der Waals surface area contributed by atoms with Crippen LogP contribution in [0, 0.1) is 0 Å². The summed E-state index contributed by atoms with van der Waals surface area (Å²) in [6.07, 6.45) is 4.49. The summed E-state index contributed by atoms with van der Waals surface area (Å²) in [6.45, 7) is 2.21. The fourth-order valence-electron chi connectivity index (χ4n) is 2.78. The molecule has 3 aromatic rings. The molecule has 1 N–H and O–H groups in total. The van der Waals surface area contributed by atoms with Gasteiger partial charge >= 0.3 is 0 Å². The van der Waals surface area contributed by atoms with Crippen molar-refractivity contribution in [2.24, 2.45) is 0 Å². The minimum absolute atomic E-state index is 0.0108. The van der Waals surface area contributed by atoms with Crippen LogP contribution in [0.1, 0.15) is 44.3 Å². The highest BCUT2D eigenvalue weighted by molar-refractivity contribution is 7.80. The van der Waals surface area contributed by atoms with Crippen molar-refractivity contribution in [2.45, 2.75) is 38.8 Å². The van der Waals surface area contributed by atoms with E-state index in [-0.39, 0.29) is 6.17 Å². The number of rotatable bonds is 7. The lowest BCUT2D eigenvalue weighted by atomic mass is 10.1. The number of benzene rings is 2. The number of nitrogens with one attached hydrogen (secondary N) is 1. The molecule has 0 bridgehead atoms. The van der Waals surface area contributed by atoms with Crippen molar-refractivity contribution in [2.75, 3.05) is 0 Å². The molecule has 0 radical (unpaired) electrons. The first-order chi connectivity index (χ1) is 11.8. The molecular weight excluding hydrogens is 316 g/mol. The van der Waals surface area contributed by atoms with Crippen LogP contribution in [0.3, 0.4) is 0 Å². The van der Waals surface area contributed by atoms with Crippen molar-refractivity contribution >= 4 is 28.2 Å². The van der Waals surface area contributed by atoms with E-state index in [9.17, 15) is 0 Å². The first-order valence-electron chi connectivity index (χ1n) is 8.45. The van der Waals surface area contributed by atoms with Gasteiger partial charge in [0.25, 0.3) is 0 Å². The zero-order valence-corrected chi connectivity index (χ0v) is 14.7. The summed E-state index contributed by atoms with van der Waals surface area (Å²) in [5.74, 6) is 0. The van der Waals surface area contributed by atoms with E-state index in [1.807, 2.05) is 53.2 Å². The maximum atomic E-state index is 5.60. The van der Waals surface area contributed by atoms with E-state index < -0.39 is 0 Å². The molecule has 0 aliphatic rings. The van der Waals surface area contributed by atoms with Crippen LogP contribution in [-0.2, 0) is 0 Å². The zero-order valence-electron chi connectivity index (χ0n) is 13.9. The Labute approximate surface area is 147 Å². The van der Waals surface area contributed by atoms with Gasteiger partial charge in [0.2, 0.25) is 0 Å². The van der Waals surface area contributed by atoms with Crippen LogP contribution >= 0.6 is 12.2 Å². The van der Waals surface area contributed by atoms with Crippen LogP contribution in [0.4, 0.5) is 0 Å². The van der Waals surface area contributed by atoms with E-state index in [1.54, 1.807) is 0 Å². The summed E-state index contributed by atoms with van der Waals surface area (Å²) < 4.78 is 1.96. The summed E-state index contributed by atoms with van der Waals surface area (Å²) in [4.78, 5) is 0.747. The van der Waals surface area contributed by atoms with Crippen LogP contribution in [0.2, 0.25) is 0 Å². The van der Waals surface area contributed by atoms with E-state index in [0.717, 1.165) is 34.4 Å². The number of aromatic nitrogens is 3. The van der Waals surface area contributed by atoms with Crippen LogP contribution in [0.25, 0.3) is 11.0 Å². The molecule has 3 rings (SSSR count). The summed E-state index contributed by atoms with van der Waals surface area (Å²) in [5, 5.41) is 12.1.